The molecule has 0 aromatic carbocycles. The minimum absolute atomic E-state index is 0. The molecule has 0 aromatic rings. The van der Waals surface area contributed by atoms with Gasteiger partial charge in [-0.25, -0.2) is 0 Å². The molecule has 0 nitrogen and oxygen atoms in total. The van der Waals surface area contributed by atoms with Gasteiger partial charge in [0.15, 0.2) is 0 Å². The number of hydrogen-bond acceptors (Lipinski definition) is 0. The van der Waals surface area contributed by atoms with Crippen LogP contribution in [0.5, 0.6) is 0 Å². The van der Waals surface area contributed by atoms with E-state index in [4.69, 9.17) is 0 Å². The van der Waals surface area contributed by atoms with Crippen LogP contribution in [0, 0.1) is 0 Å². The molecule has 42 valence electrons. The second-order valence-corrected chi connectivity index (χ2v) is 0. The maximum atomic E-state index is 2.56. The van der Waals surface area contributed by atoms with E-state index in [1.54, 1.807) is 0 Å². The quantitative estimate of drug-likeness (QED) is 0.383. The standard InChI is InChI=1S/Co.Cu.Fe.H5PSi/c;;;1-2/h;;;1H2,2H3. The van der Waals surface area contributed by atoms with Crippen LogP contribution in [0.1, 0.15) is 0 Å². The van der Waals surface area contributed by atoms with Crippen molar-refractivity contribution in [2.45, 2.75) is 0 Å². The molecule has 0 aliphatic carbocycles. The molecule has 0 bridgehead atoms. The summed E-state index contributed by atoms with van der Waals surface area (Å²) in [6, 6.07) is 0. The monoisotopic (exact) mass is 242 g/mol. The Bertz CT molecular complexity index is 11.6. The first-order valence-corrected chi connectivity index (χ1v) is 5.20. The molecule has 0 saturated carbocycles. The van der Waals surface area contributed by atoms with Gasteiger partial charge >= 0.3 is 0 Å². The molecule has 0 amide bonds. The van der Waals surface area contributed by atoms with Gasteiger partial charge < -0.3 is 0 Å². The molecule has 0 rings (SSSR count). The van der Waals surface area contributed by atoms with E-state index in [0.29, 0.717) is 0 Å². The number of hydrogen-bond donors (Lipinski definition) is 0. The van der Waals surface area contributed by atoms with E-state index >= 15 is 0 Å². The summed E-state index contributed by atoms with van der Waals surface area (Å²) in [6.07, 6.45) is 0. The Hall–Kier alpha value is 2.19. The van der Waals surface area contributed by atoms with Crippen LogP contribution in [-0.2, 0) is 50.9 Å². The molecule has 0 heterocycles. The van der Waals surface area contributed by atoms with Crippen LogP contribution in [0.2, 0.25) is 0 Å². The molecule has 0 fully saturated rings. The summed E-state index contributed by atoms with van der Waals surface area (Å²) >= 11 is 0. The molecule has 0 aliphatic rings. The molecular formula is H5CoCuFePSi. The van der Waals surface area contributed by atoms with E-state index < -0.39 is 0 Å². The van der Waals surface area contributed by atoms with Crippen molar-refractivity contribution in [2.24, 2.45) is 0 Å². The Kier molecular flexibility index (Phi) is 188. The van der Waals surface area contributed by atoms with Crippen molar-refractivity contribution < 1.29 is 50.9 Å². The summed E-state index contributed by atoms with van der Waals surface area (Å²) in [5, 5.41) is 0. The summed E-state index contributed by atoms with van der Waals surface area (Å²) in [7, 11) is 3.78. The van der Waals surface area contributed by atoms with Gasteiger partial charge in [0.2, 0.25) is 0 Å². The predicted molar refractivity (Wildman–Crippen MR) is 19.6 cm³/mol. The molecule has 5 heteroatoms. The van der Waals surface area contributed by atoms with Crippen LogP contribution in [0.4, 0.5) is 0 Å². The molecule has 0 saturated heterocycles. The zero-order chi connectivity index (χ0) is 2.00. The average Bonchev–Trinajstić information content (AvgIpc) is 1.00. The maximum Gasteiger partial charge on any atom is 0.0252 e. The Labute approximate surface area is 69.2 Å². The number of rotatable bonds is 0. The first-order chi connectivity index (χ1) is 1.00. The van der Waals surface area contributed by atoms with E-state index in [9.17, 15) is 0 Å². The molecule has 1 unspecified atom stereocenters. The summed E-state index contributed by atoms with van der Waals surface area (Å²) < 4.78 is 0. The molecule has 0 aliphatic heterocycles. The van der Waals surface area contributed by atoms with Gasteiger partial charge in [-0.3, -0.25) is 0 Å². The summed E-state index contributed by atoms with van der Waals surface area (Å²) in [5.74, 6) is 0. The van der Waals surface area contributed by atoms with Gasteiger partial charge in [0.25, 0.3) is 0 Å². The Morgan fingerprint density at radius 3 is 1.20 bits per heavy atom. The maximum absolute atomic E-state index is 2.56. The third-order valence-corrected chi connectivity index (χ3v) is 0. The van der Waals surface area contributed by atoms with Crippen molar-refractivity contribution in [1.82, 2.24) is 0 Å². The van der Waals surface area contributed by atoms with Crippen molar-refractivity contribution in [1.29, 1.82) is 0 Å². The van der Waals surface area contributed by atoms with Gasteiger partial charge in [-0.15, -0.1) is 0 Å². The van der Waals surface area contributed by atoms with E-state index in [-0.39, 0.29) is 50.9 Å². The van der Waals surface area contributed by atoms with Crippen molar-refractivity contribution >= 4 is 18.7 Å². The van der Waals surface area contributed by atoms with Gasteiger partial charge in [0, 0.05) is 60.8 Å². The van der Waals surface area contributed by atoms with Gasteiger partial charge in [-0.05, 0) is 0 Å². The van der Waals surface area contributed by atoms with Crippen LogP contribution in [0.25, 0.3) is 0 Å². The average molecular weight is 242 g/mol. The van der Waals surface area contributed by atoms with Crippen LogP contribution in [0.15, 0.2) is 0 Å². The zero-order valence-electron chi connectivity index (χ0n) is 2.57. The molecule has 0 spiro atoms. The van der Waals surface area contributed by atoms with Crippen molar-refractivity contribution in [2.75, 3.05) is 0 Å². The van der Waals surface area contributed by atoms with Crippen molar-refractivity contribution in [3.05, 3.63) is 0 Å². The fourth-order valence-corrected chi connectivity index (χ4v) is 0. The molecule has 0 aromatic heterocycles. The van der Waals surface area contributed by atoms with Crippen LogP contribution >= 0.6 is 8.79 Å². The van der Waals surface area contributed by atoms with Gasteiger partial charge in [-0.2, -0.15) is 8.79 Å². The van der Waals surface area contributed by atoms with E-state index in [2.05, 4.69) is 8.79 Å². The van der Waals surface area contributed by atoms with E-state index in [0.717, 1.165) is 0 Å². The zero-order valence-corrected chi connectivity index (χ0v) is 8.81. The fourth-order valence-electron chi connectivity index (χ4n) is 0. The normalized spacial score (nSPS) is 1.80. The van der Waals surface area contributed by atoms with Gasteiger partial charge in [0.1, 0.15) is 0 Å². The summed E-state index contributed by atoms with van der Waals surface area (Å²) in [5.41, 5.74) is 0. The smallest absolute Gasteiger partial charge is 0.0252 e. The van der Waals surface area contributed by atoms with Crippen molar-refractivity contribution in [3.8, 4) is 0 Å². The first kappa shape index (κ1) is 27.1. The second kappa shape index (κ2) is 34.7. The fraction of sp³-hybridized carbons (Fsp3) is 0. The van der Waals surface area contributed by atoms with Gasteiger partial charge in [-0.1, -0.05) is 0 Å². The molecular weight excluding hydrogens is 237 g/mol. The Morgan fingerprint density at radius 1 is 1.20 bits per heavy atom. The largest absolute Gasteiger partial charge is 0.159 e. The minimum Gasteiger partial charge on any atom is -0.159 e. The summed E-state index contributed by atoms with van der Waals surface area (Å²) in [6.45, 7) is 0. The Balaban J connectivity index is -0.00000000167. The van der Waals surface area contributed by atoms with Crippen LogP contribution in [0.3, 0.4) is 0 Å². The molecule has 2 radical (unpaired) electrons. The van der Waals surface area contributed by atoms with E-state index in [1.807, 2.05) is 0 Å². The SMILES string of the molecule is [Co].[Cu].[Fe].[SiH3]P. The van der Waals surface area contributed by atoms with Gasteiger partial charge in [0.05, 0.1) is 0 Å². The van der Waals surface area contributed by atoms with E-state index in [1.165, 1.54) is 9.91 Å². The molecule has 1 atom stereocenters. The third-order valence-electron chi connectivity index (χ3n) is 0. The molecule has 5 heavy (non-hydrogen) atoms. The second-order valence-electron chi connectivity index (χ2n) is 0. The first-order valence-electron chi connectivity index (χ1n) is 0.577. The predicted octanol–water partition coefficient (Wildman–Crippen LogP) is -0.866. The van der Waals surface area contributed by atoms with Crippen LogP contribution < -0.4 is 0 Å². The summed E-state index contributed by atoms with van der Waals surface area (Å²) in [4.78, 5) is 0. The minimum atomic E-state index is 0. The third kappa shape index (κ3) is 22.6. The van der Waals surface area contributed by atoms with Crippen LogP contribution in [-0.4, -0.2) is 9.91 Å². The van der Waals surface area contributed by atoms with Crippen molar-refractivity contribution in [3.63, 3.8) is 0 Å². The Morgan fingerprint density at radius 2 is 1.20 bits per heavy atom. The topological polar surface area (TPSA) is 0 Å². The molecule has 0 N–H and O–H groups in total.